The smallest absolute Gasteiger partial charge is 0.323 e. The predicted molar refractivity (Wildman–Crippen MR) is 90.3 cm³/mol. The first-order chi connectivity index (χ1) is 12.5. The molecule has 0 spiro atoms. The molecule has 0 bridgehead atoms. The zero-order chi connectivity index (χ0) is 18.4. The van der Waals surface area contributed by atoms with Gasteiger partial charge in [-0.25, -0.2) is 8.91 Å². The van der Waals surface area contributed by atoms with Crippen LogP contribution in [0.15, 0.2) is 41.3 Å². The Kier molecular flexibility index (Phi) is 3.50. The molecule has 0 amide bonds. The highest BCUT2D eigenvalue weighted by molar-refractivity contribution is 5.84. The van der Waals surface area contributed by atoms with Gasteiger partial charge in [0.05, 0.1) is 11.3 Å². The molecule has 0 saturated carbocycles. The number of aliphatic carboxylic acids is 1. The van der Waals surface area contributed by atoms with Gasteiger partial charge in [-0.1, -0.05) is 12.1 Å². The molecule has 3 aromatic heterocycles. The predicted octanol–water partition coefficient (Wildman–Crippen LogP) is 1.64. The number of aryl methyl sites for hydroxylation is 1. The Labute approximate surface area is 145 Å². The molecule has 26 heavy (non-hydrogen) atoms. The summed E-state index contributed by atoms with van der Waals surface area (Å²) >= 11 is 0. The van der Waals surface area contributed by atoms with Crippen LogP contribution in [0.1, 0.15) is 5.69 Å². The average Bonchev–Trinajstić information content (AvgIpc) is 2.94. The SMILES string of the molecule is Cc1nn2c(nnc3c(=O)n(CC(=O)O)ccc32)c1-c1ccc(F)cc1. The molecule has 0 radical (unpaired) electrons. The molecule has 3 heterocycles. The van der Waals surface area contributed by atoms with Gasteiger partial charge in [-0.05, 0) is 30.7 Å². The summed E-state index contributed by atoms with van der Waals surface area (Å²) in [6, 6.07) is 7.50. The van der Waals surface area contributed by atoms with Crippen molar-refractivity contribution in [3.8, 4) is 11.1 Å². The summed E-state index contributed by atoms with van der Waals surface area (Å²) < 4.78 is 15.7. The van der Waals surface area contributed by atoms with Crippen molar-refractivity contribution < 1.29 is 14.3 Å². The van der Waals surface area contributed by atoms with Gasteiger partial charge in [-0.2, -0.15) is 5.10 Å². The second-order valence-electron chi connectivity index (χ2n) is 5.78. The zero-order valence-corrected chi connectivity index (χ0v) is 13.5. The number of benzene rings is 1. The van der Waals surface area contributed by atoms with E-state index in [0.717, 1.165) is 10.1 Å². The van der Waals surface area contributed by atoms with Gasteiger partial charge in [-0.3, -0.25) is 9.59 Å². The molecule has 0 saturated heterocycles. The van der Waals surface area contributed by atoms with Crippen molar-refractivity contribution in [3.63, 3.8) is 0 Å². The number of carboxylic acids is 1. The number of pyridine rings is 1. The van der Waals surface area contributed by atoms with Crippen LogP contribution >= 0.6 is 0 Å². The lowest BCUT2D eigenvalue weighted by Gasteiger charge is -2.05. The summed E-state index contributed by atoms with van der Waals surface area (Å²) in [5, 5.41) is 21.4. The molecule has 1 N–H and O–H groups in total. The van der Waals surface area contributed by atoms with Gasteiger partial charge < -0.3 is 9.67 Å². The van der Waals surface area contributed by atoms with Crippen LogP contribution in [0.5, 0.6) is 0 Å². The lowest BCUT2D eigenvalue weighted by Crippen LogP contribution is -2.25. The third-order valence-corrected chi connectivity index (χ3v) is 4.07. The average molecular weight is 353 g/mol. The molecule has 0 aliphatic carbocycles. The Hall–Kier alpha value is -3.62. The summed E-state index contributed by atoms with van der Waals surface area (Å²) in [4.78, 5) is 23.3. The van der Waals surface area contributed by atoms with E-state index in [1.54, 1.807) is 25.1 Å². The van der Waals surface area contributed by atoms with E-state index in [1.165, 1.54) is 22.8 Å². The number of fused-ring (bicyclic) bond motifs is 3. The number of halogens is 1. The van der Waals surface area contributed by atoms with Gasteiger partial charge in [0.1, 0.15) is 17.9 Å². The third kappa shape index (κ3) is 2.41. The van der Waals surface area contributed by atoms with Crippen LogP contribution in [0, 0.1) is 12.7 Å². The van der Waals surface area contributed by atoms with Crippen LogP contribution in [0.2, 0.25) is 0 Å². The molecular formula is C17H12FN5O3. The van der Waals surface area contributed by atoms with Crippen molar-refractivity contribution in [1.82, 2.24) is 24.4 Å². The van der Waals surface area contributed by atoms with Crippen LogP contribution in [-0.2, 0) is 11.3 Å². The van der Waals surface area contributed by atoms with Crippen LogP contribution in [0.25, 0.3) is 27.8 Å². The Morgan fingerprint density at radius 1 is 1.19 bits per heavy atom. The minimum Gasteiger partial charge on any atom is -0.480 e. The quantitative estimate of drug-likeness (QED) is 0.601. The van der Waals surface area contributed by atoms with Crippen molar-refractivity contribution in [2.75, 3.05) is 0 Å². The number of aromatic nitrogens is 5. The van der Waals surface area contributed by atoms with E-state index in [2.05, 4.69) is 15.3 Å². The second kappa shape index (κ2) is 5.73. The van der Waals surface area contributed by atoms with E-state index in [9.17, 15) is 14.0 Å². The minimum absolute atomic E-state index is 0.0226. The van der Waals surface area contributed by atoms with E-state index in [4.69, 9.17) is 5.11 Å². The maximum absolute atomic E-state index is 13.2. The largest absolute Gasteiger partial charge is 0.480 e. The molecule has 4 aromatic rings. The summed E-state index contributed by atoms with van der Waals surface area (Å²) in [5.74, 6) is -1.48. The van der Waals surface area contributed by atoms with Gasteiger partial charge in [0.2, 0.25) is 0 Å². The Morgan fingerprint density at radius 2 is 1.92 bits per heavy atom. The number of rotatable bonds is 3. The molecule has 8 nitrogen and oxygen atoms in total. The van der Waals surface area contributed by atoms with Crippen LogP contribution in [-0.4, -0.2) is 35.5 Å². The van der Waals surface area contributed by atoms with Crippen LogP contribution < -0.4 is 5.56 Å². The first-order valence-electron chi connectivity index (χ1n) is 7.68. The summed E-state index contributed by atoms with van der Waals surface area (Å²) in [5.41, 5.74) is 2.37. The summed E-state index contributed by atoms with van der Waals surface area (Å²) in [6.07, 6.45) is 1.38. The van der Waals surface area contributed by atoms with Gasteiger partial charge in [0, 0.05) is 6.20 Å². The lowest BCUT2D eigenvalue weighted by molar-refractivity contribution is -0.137. The molecule has 0 fully saturated rings. The van der Waals surface area contributed by atoms with E-state index in [1.807, 2.05) is 0 Å². The molecular weight excluding hydrogens is 341 g/mol. The Balaban J connectivity index is 1.99. The first kappa shape index (κ1) is 15.9. The van der Waals surface area contributed by atoms with Crippen molar-refractivity contribution in [1.29, 1.82) is 0 Å². The standard InChI is InChI=1S/C17H12FN5O3/c1-9-14(10-2-4-11(18)5-3-10)16-20-19-15-12(23(16)21-9)6-7-22(17(15)26)8-13(24)25/h2-7H,8H2,1H3,(H,24,25). The van der Waals surface area contributed by atoms with Crippen molar-refractivity contribution in [2.24, 2.45) is 0 Å². The fourth-order valence-corrected chi connectivity index (χ4v) is 2.92. The molecule has 4 rings (SSSR count). The molecule has 1 aromatic carbocycles. The number of hydrogen-bond acceptors (Lipinski definition) is 5. The van der Waals surface area contributed by atoms with E-state index in [0.29, 0.717) is 22.4 Å². The second-order valence-corrected chi connectivity index (χ2v) is 5.78. The summed E-state index contributed by atoms with van der Waals surface area (Å²) in [6.45, 7) is 1.32. The minimum atomic E-state index is -1.13. The molecule has 0 aliphatic heterocycles. The van der Waals surface area contributed by atoms with Crippen LogP contribution in [0.3, 0.4) is 0 Å². The Bertz CT molecular complexity index is 1230. The zero-order valence-electron chi connectivity index (χ0n) is 13.5. The fraction of sp³-hybridized carbons (Fsp3) is 0.118. The number of hydrogen-bond donors (Lipinski definition) is 1. The highest BCUT2D eigenvalue weighted by Gasteiger charge is 2.17. The van der Waals surface area contributed by atoms with Gasteiger partial charge in [-0.15, -0.1) is 10.2 Å². The topological polar surface area (TPSA) is 102 Å². The number of carboxylic acid groups (broad SMARTS) is 1. The van der Waals surface area contributed by atoms with E-state index < -0.39 is 18.1 Å². The highest BCUT2D eigenvalue weighted by Crippen LogP contribution is 2.28. The normalized spacial score (nSPS) is 11.3. The van der Waals surface area contributed by atoms with Crippen LogP contribution in [0.4, 0.5) is 4.39 Å². The molecule has 9 heteroatoms. The van der Waals surface area contributed by atoms with Gasteiger partial charge in [0.25, 0.3) is 5.56 Å². The van der Waals surface area contributed by atoms with Crippen molar-refractivity contribution in [3.05, 3.63) is 58.4 Å². The van der Waals surface area contributed by atoms with Crippen molar-refractivity contribution in [2.45, 2.75) is 13.5 Å². The number of nitrogens with zero attached hydrogens (tertiary/aromatic N) is 5. The maximum atomic E-state index is 13.2. The van der Waals surface area contributed by atoms with Gasteiger partial charge in [0.15, 0.2) is 11.2 Å². The maximum Gasteiger partial charge on any atom is 0.323 e. The molecule has 0 atom stereocenters. The molecule has 130 valence electrons. The molecule has 0 unspecified atom stereocenters. The van der Waals surface area contributed by atoms with Crippen molar-refractivity contribution >= 4 is 22.6 Å². The third-order valence-electron chi connectivity index (χ3n) is 4.07. The molecule has 0 aliphatic rings. The Morgan fingerprint density at radius 3 is 2.62 bits per heavy atom. The van der Waals surface area contributed by atoms with E-state index >= 15 is 0 Å². The highest BCUT2D eigenvalue weighted by atomic mass is 19.1. The van der Waals surface area contributed by atoms with E-state index in [-0.39, 0.29) is 11.3 Å². The fourth-order valence-electron chi connectivity index (χ4n) is 2.92. The number of carbonyl (C=O) groups is 1. The summed E-state index contributed by atoms with van der Waals surface area (Å²) in [7, 11) is 0. The lowest BCUT2D eigenvalue weighted by atomic mass is 10.1. The monoisotopic (exact) mass is 353 g/mol. The first-order valence-corrected chi connectivity index (χ1v) is 7.68. The van der Waals surface area contributed by atoms with Gasteiger partial charge >= 0.3 is 5.97 Å².